The van der Waals surface area contributed by atoms with Crippen molar-refractivity contribution in [3.8, 4) is 16.9 Å². The summed E-state index contributed by atoms with van der Waals surface area (Å²) in [6.45, 7) is 4.23. The maximum Gasteiger partial charge on any atom is 0.120 e. The lowest BCUT2D eigenvalue weighted by Gasteiger charge is -2.21. The number of rotatable bonds is 6. The van der Waals surface area contributed by atoms with E-state index in [0.29, 0.717) is 17.9 Å². The van der Waals surface area contributed by atoms with Crippen molar-refractivity contribution in [3.05, 3.63) is 70.4 Å². The molecule has 3 aromatic rings. The molecule has 0 spiro atoms. The maximum atomic E-state index is 11.0. The molecule has 0 saturated carbocycles. The summed E-state index contributed by atoms with van der Waals surface area (Å²) in [6, 6.07) is 16.7. The molecular weight excluding hydrogens is 356 g/mol. The number of hydrogen-bond donors (Lipinski definition) is 0. The molecule has 1 aromatic heterocycles. The van der Waals surface area contributed by atoms with Gasteiger partial charge in [0.15, 0.2) is 0 Å². The summed E-state index contributed by atoms with van der Waals surface area (Å²) >= 11 is 6.25. The fraction of sp³-hybridized carbons (Fsp3) is 0.261. The highest BCUT2D eigenvalue weighted by Gasteiger charge is 2.17. The highest BCUT2D eigenvalue weighted by molar-refractivity contribution is 6.31. The van der Waals surface area contributed by atoms with Crippen molar-refractivity contribution in [2.24, 2.45) is 0 Å². The number of carbonyl (C=O) groups excluding carboxylic acids is 1. The van der Waals surface area contributed by atoms with Gasteiger partial charge in [-0.1, -0.05) is 29.3 Å². The van der Waals surface area contributed by atoms with Crippen LogP contribution in [0, 0.1) is 13.8 Å². The van der Waals surface area contributed by atoms with Crippen molar-refractivity contribution in [2.45, 2.75) is 26.7 Å². The van der Waals surface area contributed by atoms with E-state index in [1.165, 1.54) is 11.1 Å². The second kappa shape index (κ2) is 8.01. The Hall–Kier alpha value is -2.52. The molecule has 27 heavy (non-hydrogen) atoms. The number of nitrogens with zero attached hydrogens (tertiary/aromatic N) is 2. The molecule has 0 fully saturated rings. The topological polar surface area (TPSA) is 25.2 Å². The summed E-state index contributed by atoms with van der Waals surface area (Å²) in [6.07, 6.45) is 2.20. The molecule has 0 aliphatic rings. The van der Waals surface area contributed by atoms with Crippen molar-refractivity contribution >= 4 is 23.6 Å². The number of aromatic nitrogens is 1. The predicted molar refractivity (Wildman–Crippen MR) is 114 cm³/mol. The van der Waals surface area contributed by atoms with E-state index in [1.54, 1.807) is 0 Å². The van der Waals surface area contributed by atoms with Gasteiger partial charge in [0.2, 0.25) is 0 Å². The fourth-order valence-corrected chi connectivity index (χ4v) is 3.69. The van der Waals surface area contributed by atoms with Crippen LogP contribution in [0.3, 0.4) is 0 Å². The van der Waals surface area contributed by atoms with Crippen molar-refractivity contribution in [3.63, 3.8) is 0 Å². The Morgan fingerprint density at radius 1 is 1.04 bits per heavy atom. The molecule has 0 aliphatic carbocycles. The summed E-state index contributed by atoms with van der Waals surface area (Å²) in [5, 5.41) is 0.716. The van der Waals surface area contributed by atoms with E-state index in [2.05, 4.69) is 59.7 Å². The van der Waals surface area contributed by atoms with E-state index >= 15 is 0 Å². The SMILES string of the molecule is Cc1ccc(-n2c(CCC=O)ccc2-c2ccc(Cl)cc2N(C)C)c(C)c1. The third-order valence-electron chi connectivity index (χ3n) is 4.79. The van der Waals surface area contributed by atoms with Crippen LogP contribution in [0.5, 0.6) is 0 Å². The quantitative estimate of drug-likeness (QED) is 0.519. The summed E-state index contributed by atoms with van der Waals surface area (Å²) in [5.74, 6) is 0. The number of halogens is 1. The smallest absolute Gasteiger partial charge is 0.120 e. The Labute approximate surface area is 166 Å². The molecule has 3 rings (SSSR count). The lowest BCUT2D eigenvalue weighted by molar-refractivity contribution is -0.107. The summed E-state index contributed by atoms with van der Waals surface area (Å²) in [7, 11) is 4.04. The van der Waals surface area contributed by atoms with Gasteiger partial charge in [-0.05, 0) is 62.2 Å². The normalized spacial score (nSPS) is 10.9. The van der Waals surface area contributed by atoms with Crippen LogP contribution < -0.4 is 4.90 Å². The third-order valence-corrected chi connectivity index (χ3v) is 5.03. The molecule has 4 heteroatoms. The van der Waals surface area contributed by atoms with E-state index in [-0.39, 0.29) is 0 Å². The average Bonchev–Trinajstić information content (AvgIpc) is 3.03. The number of hydrogen-bond acceptors (Lipinski definition) is 2. The second-order valence-electron chi connectivity index (χ2n) is 7.10. The lowest BCUT2D eigenvalue weighted by Crippen LogP contribution is -2.11. The van der Waals surface area contributed by atoms with Crippen molar-refractivity contribution in [1.29, 1.82) is 0 Å². The van der Waals surface area contributed by atoms with Gasteiger partial charge in [0.25, 0.3) is 0 Å². The Morgan fingerprint density at radius 2 is 1.81 bits per heavy atom. The van der Waals surface area contributed by atoms with Gasteiger partial charge in [0.1, 0.15) is 6.29 Å². The van der Waals surface area contributed by atoms with E-state index in [9.17, 15) is 4.79 Å². The highest BCUT2D eigenvalue weighted by atomic mass is 35.5. The van der Waals surface area contributed by atoms with Crippen molar-refractivity contribution in [1.82, 2.24) is 4.57 Å². The Balaban J connectivity index is 2.26. The summed E-state index contributed by atoms with van der Waals surface area (Å²) in [5.41, 5.74) is 7.99. The predicted octanol–water partition coefficient (Wildman–Crippen LogP) is 5.61. The summed E-state index contributed by atoms with van der Waals surface area (Å²) in [4.78, 5) is 13.0. The zero-order chi connectivity index (χ0) is 19.6. The van der Waals surface area contributed by atoms with Gasteiger partial charge in [-0.25, -0.2) is 0 Å². The molecule has 140 valence electrons. The number of benzene rings is 2. The molecule has 0 N–H and O–H groups in total. The molecule has 2 aromatic carbocycles. The first kappa shape index (κ1) is 19.2. The first-order valence-corrected chi connectivity index (χ1v) is 9.49. The minimum atomic E-state index is 0.509. The van der Waals surface area contributed by atoms with Crippen LogP contribution in [-0.2, 0) is 11.2 Å². The van der Waals surface area contributed by atoms with Crippen LogP contribution in [-0.4, -0.2) is 24.9 Å². The maximum absolute atomic E-state index is 11.0. The third kappa shape index (κ3) is 3.93. The zero-order valence-corrected chi connectivity index (χ0v) is 17.0. The summed E-state index contributed by atoms with van der Waals surface area (Å²) < 4.78 is 2.27. The van der Waals surface area contributed by atoms with E-state index in [1.807, 2.05) is 26.2 Å². The molecule has 0 unspecified atom stereocenters. The van der Waals surface area contributed by atoms with Gasteiger partial charge < -0.3 is 14.3 Å². The number of anilines is 1. The lowest BCUT2D eigenvalue weighted by atomic mass is 10.1. The molecule has 0 amide bonds. The van der Waals surface area contributed by atoms with Gasteiger partial charge in [0, 0.05) is 48.2 Å². The minimum absolute atomic E-state index is 0.509. The number of aryl methyl sites for hydroxylation is 3. The van der Waals surface area contributed by atoms with E-state index in [4.69, 9.17) is 11.6 Å². The largest absolute Gasteiger partial charge is 0.377 e. The van der Waals surface area contributed by atoms with Crippen molar-refractivity contribution < 1.29 is 4.79 Å². The van der Waals surface area contributed by atoms with Crippen LogP contribution in [0.15, 0.2) is 48.5 Å². The van der Waals surface area contributed by atoms with Crippen LogP contribution in [0.1, 0.15) is 23.2 Å². The van der Waals surface area contributed by atoms with Crippen LogP contribution in [0.25, 0.3) is 16.9 Å². The Kier molecular flexibility index (Phi) is 5.71. The minimum Gasteiger partial charge on any atom is -0.377 e. The molecule has 0 aliphatic heterocycles. The standard InChI is InChI=1S/C23H25ClN2O/c1-16-7-11-21(17(2)14-16)26-19(6-5-13-27)9-12-22(26)20-10-8-18(24)15-23(20)25(3)4/h7-15H,5-6H2,1-4H3. The van der Waals surface area contributed by atoms with E-state index in [0.717, 1.165) is 34.6 Å². The van der Waals surface area contributed by atoms with Crippen LogP contribution in [0.2, 0.25) is 5.02 Å². The first-order chi connectivity index (χ1) is 12.9. The first-order valence-electron chi connectivity index (χ1n) is 9.11. The zero-order valence-electron chi connectivity index (χ0n) is 16.3. The van der Waals surface area contributed by atoms with Gasteiger partial charge in [-0.15, -0.1) is 0 Å². The molecule has 0 atom stereocenters. The molecule has 0 radical (unpaired) electrons. The second-order valence-corrected chi connectivity index (χ2v) is 7.53. The van der Waals surface area contributed by atoms with Crippen LogP contribution >= 0.6 is 11.6 Å². The van der Waals surface area contributed by atoms with Crippen LogP contribution in [0.4, 0.5) is 5.69 Å². The van der Waals surface area contributed by atoms with Gasteiger partial charge >= 0.3 is 0 Å². The van der Waals surface area contributed by atoms with E-state index < -0.39 is 0 Å². The van der Waals surface area contributed by atoms with Gasteiger partial charge in [-0.3, -0.25) is 0 Å². The number of aldehydes is 1. The van der Waals surface area contributed by atoms with Gasteiger partial charge in [-0.2, -0.15) is 0 Å². The highest BCUT2D eigenvalue weighted by Crippen LogP contribution is 2.36. The Morgan fingerprint density at radius 3 is 2.48 bits per heavy atom. The molecular formula is C23H25ClN2O. The molecule has 0 bridgehead atoms. The fourth-order valence-electron chi connectivity index (χ4n) is 3.52. The molecule has 1 heterocycles. The number of carbonyl (C=O) groups is 1. The van der Waals surface area contributed by atoms with Gasteiger partial charge in [0.05, 0.1) is 5.69 Å². The van der Waals surface area contributed by atoms with Crippen molar-refractivity contribution in [2.75, 3.05) is 19.0 Å². The Bertz CT molecular complexity index is 973. The average molecular weight is 381 g/mol. The molecule has 0 saturated heterocycles. The molecule has 3 nitrogen and oxygen atoms in total. The monoisotopic (exact) mass is 380 g/mol.